The minimum Gasteiger partial charge on any atom is -0.506 e. The first-order chi connectivity index (χ1) is 9.54. The summed E-state index contributed by atoms with van der Waals surface area (Å²) in [5.41, 5.74) is 0.958. The van der Waals surface area contributed by atoms with Crippen LogP contribution >= 0.6 is 23.2 Å². The second-order valence-corrected chi connectivity index (χ2v) is 5.19. The van der Waals surface area contributed by atoms with Crippen LogP contribution in [-0.2, 0) is 9.63 Å². The van der Waals surface area contributed by atoms with Gasteiger partial charge in [-0.3, -0.25) is 4.79 Å². The SMILES string of the molecule is CO/N=C1\CCCC(=O)\C1=C(/O)c1ccc(Cl)cc1Cl. The Bertz CT molecular complexity index is 608. The molecule has 0 aromatic heterocycles. The average molecular weight is 314 g/mol. The first kappa shape index (κ1) is 14.9. The minimum atomic E-state index is -0.188. The number of benzene rings is 1. The fraction of sp³-hybridized carbons (Fsp3) is 0.286. The van der Waals surface area contributed by atoms with Gasteiger partial charge in [-0.25, -0.2) is 0 Å². The van der Waals surface area contributed by atoms with Crippen molar-refractivity contribution >= 4 is 40.5 Å². The Balaban J connectivity index is 2.57. The summed E-state index contributed by atoms with van der Waals surface area (Å²) >= 11 is 11.9. The number of halogens is 2. The third-order valence-electron chi connectivity index (χ3n) is 3.01. The van der Waals surface area contributed by atoms with E-state index in [1.54, 1.807) is 12.1 Å². The Morgan fingerprint density at radius 3 is 2.75 bits per heavy atom. The molecule has 1 aliphatic carbocycles. The maximum atomic E-state index is 12.0. The van der Waals surface area contributed by atoms with Crippen molar-refractivity contribution in [1.82, 2.24) is 0 Å². The molecule has 0 atom stereocenters. The van der Waals surface area contributed by atoms with Crippen LogP contribution in [0.1, 0.15) is 24.8 Å². The molecular weight excluding hydrogens is 301 g/mol. The lowest BCUT2D eigenvalue weighted by Crippen LogP contribution is -2.21. The molecule has 1 N–H and O–H groups in total. The number of nitrogens with zero attached hydrogens (tertiary/aromatic N) is 1. The van der Waals surface area contributed by atoms with E-state index in [4.69, 9.17) is 28.0 Å². The summed E-state index contributed by atoms with van der Waals surface area (Å²) < 4.78 is 0. The molecule has 1 aromatic carbocycles. The number of hydrogen-bond acceptors (Lipinski definition) is 4. The zero-order chi connectivity index (χ0) is 14.7. The third-order valence-corrected chi connectivity index (χ3v) is 3.56. The molecular formula is C14H13Cl2NO3. The lowest BCUT2D eigenvalue weighted by molar-refractivity contribution is -0.115. The Morgan fingerprint density at radius 1 is 1.35 bits per heavy atom. The number of aliphatic hydroxyl groups excluding tert-OH is 1. The van der Waals surface area contributed by atoms with Gasteiger partial charge in [0.25, 0.3) is 0 Å². The number of ketones is 1. The minimum absolute atomic E-state index is 0.169. The van der Waals surface area contributed by atoms with Gasteiger partial charge < -0.3 is 9.94 Å². The summed E-state index contributed by atoms with van der Waals surface area (Å²) in [5.74, 6) is -0.359. The van der Waals surface area contributed by atoms with Crippen LogP contribution in [0.25, 0.3) is 5.76 Å². The molecule has 4 nitrogen and oxygen atoms in total. The molecule has 1 saturated carbocycles. The lowest BCUT2D eigenvalue weighted by atomic mass is 9.89. The van der Waals surface area contributed by atoms with Crippen molar-refractivity contribution in [3.05, 3.63) is 39.4 Å². The molecule has 0 amide bonds. The molecule has 0 unspecified atom stereocenters. The van der Waals surface area contributed by atoms with E-state index in [9.17, 15) is 9.90 Å². The van der Waals surface area contributed by atoms with Crippen LogP contribution in [0.3, 0.4) is 0 Å². The van der Waals surface area contributed by atoms with E-state index in [-0.39, 0.29) is 22.1 Å². The summed E-state index contributed by atoms with van der Waals surface area (Å²) in [4.78, 5) is 16.8. The number of aliphatic hydroxyl groups is 1. The zero-order valence-corrected chi connectivity index (χ0v) is 12.3. The second-order valence-electron chi connectivity index (χ2n) is 4.35. The van der Waals surface area contributed by atoms with Crippen LogP contribution in [0.5, 0.6) is 0 Å². The summed E-state index contributed by atoms with van der Waals surface area (Å²) in [6, 6.07) is 4.68. The van der Waals surface area contributed by atoms with Gasteiger partial charge in [0.15, 0.2) is 5.78 Å². The van der Waals surface area contributed by atoms with Crippen LogP contribution in [0.2, 0.25) is 10.0 Å². The van der Waals surface area contributed by atoms with E-state index in [2.05, 4.69) is 5.16 Å². The standard InChI is InChI=1S/C14H13Cl2NO3/c1-20-17-11-3-2-4-12(18)13(11)14(19)9-6-5-8(15)7-10(9)16/h5-7,19H,2-4H2,1H3/b14-13-,17-11+. The normalized spacial score (nSPS) is 20.1. The Hall–Kier alpha value is -1.52. The molecule has 106 valence electrons. The van der Waals surface area contributed by atoms with Gasteiger partial charge in [0.2, 0.25) is 0 Å². The van der Waals surface area contributed by atoms with E-state index >= 15 is 0 Å². The van der Waals surface area contributed by atoms with Gasteiger partial charge in [0.05, 0.1) is 16.3 Å². The Kier molecular flexibility index (Phi) is 4.68. The highest BCUT2D eigenvalue weighted by molar-refractivity contribution is 6.36. The van der Waals surface area contributed by atoms with Crippen LogP contribution in [0, 0.1) is 0 Å². The Morgan fingerprint density at radius 2 is 2.10 bits per heavy atom. The van der Waals surface area contributed by atoms with Crippen molar-refractivity contribution in [2.24, 2.45) is 5.16 Å². The molecule has 0 bridgehead atoms. The van der Waals surface area contributed by atoms with Crippen molar-refractivity contribution < 1.29 is 14.7 Å². The molecule has 2 rings (SSSR count). The van der Waals surface area contributed by atoms with Crippen LogP contribution in [0.4, 0.5) is 0 Å². The number of rotatable bonds is 2. The quantitative estimate of drug-likeness (QED) is 0.509. The molecule has 20 heavy (non-hydrogen) atoms. The van der Waals surface area contributed by atoms with Crippen LogP contribution < -0.4 is 0 Å². The van der Waals surface area contributed by atoms with Crippen molar-refractivity contribution in [2.75, 3.05) is 7.11 Å². The second kappa shape index (κ2) is 6.29. The van der Waals surface area contributed by atoms with Crippen molar-refractivity contribution in [3.63, 3.8) is 0 Å². The van der Waals surface area contributed by atoms with E-state index in [0.717, 1.165) is 0 Å². The first-order valence-corrected chi connectivity index (χ1v) is 6.82. The molecule has 0 aliphatic heterocycles. The number of oxime groups is 1. The summed E-state index contributed by atoms with van der Waals surface area (Å²) in [6.07, 6.45) is 1.63. The van der Waals surface area contributed by atoms with Gasteiger partial charge in [0, 0.05) is 17.0 Å². The molecule has 0 saturated heterocycles. The average Bonchev–Trinajstić information content (AvgIpc) is 2.38. The van der Waals surface area contributed by atoms with Crippen LogP contribution in [-0.4, -0.2) is 23.7 Å². The fourth-order valence-corrected chi connectivity index (χ4v) is 2.61. The predicted molar refractivity (Wildman–Crippen MR) is 79.3 cm³/mol. The van der Waals surface area contributed by atoms with Gasteiger partial charge in [-0.05, 0) is 31.0 Å². The van der Waals surface area contributed by atoms with E-state index in [1.807, 2.05) is 0 Å². The number of Topliss-reactive ketones (excluding diaryl/α,β-unsaturated/α-hetero) is 1. The van der Waals surface area contributed by atoms with Crippen molar-refractivity contribution in [2.45, 2.75) is 19.3 Å². The maximum absolute atomic E-state index is 12.0. The summed E-state index contributed by atoms with van der Waals surface area (Å²) in [5, 5.41) is 14.9. The molecule has 0 radical (unpaired) electrons. The molecule has 0 heterocycles. The monoisotopic (exact) mass is 313 g/mol. The summed E-state index contributed by atoms with van der Waals surface area (Å²) in [7, 11) is 1.40. The first-order valence-electron chi connectivity index (χ1n) is 6.07. The van der Waals surface area contributed by atoms with E-state index < -0.39 is 0 Å². The fourth-order valence-electron chi connectivity index (χ4n) is 2.11. The maximum Gasteiger partial charge on any atom is 0.168 e. The number of carbonyl (C=O) groups excluding carboxylic acids is 1. The molecule has 1 aliphatic rings. The smallest absolute Gasteiger partial charge is 0.168 e. The zero-order valence-electron chi connectivity index (χ0n) is 10.8. The number of carbonyl (C=O) groups is 1. The van der Waals surface area contributed by atoms with Gasteiger partial charge in [-0.2, -0.15) is 0 Å². The van der Waals surface area contributed by atoms with Gasteiger partial charge >= 0.3 is 0 Å². The van der Waals surface area contributed by atoms with Gasteiger partial charge in [-0.15, -0.1) is 0 Å². The predicted octanol–water partition coefficient (Wildman–Crippen LogP) is 4.02. The van der Waals surface area contributed by atoms with Crippen molar-refractivity contribution in [3.8, 4) is 0 Å². The largest absolute Gasteiger partial charge is 0.506 e. The lowest BCUT2D eigenvalue weighted by Gasteiger charge is -2.17. The highest BCUT2D eigenvalue weighted by atomic mass is 35.5. The number of allylic oxidation sites excluding steroid dienone is 1. The molecule has 1 aromatic rings. The van der Waals surface area contributed by atoms with Crippen molar-refractivity contribution in [1.29, 1.82) is 0 Å². The van der Waals surface area contributed by atoms with Gasteiger partial charge in [-0.1, -0.05) is 28.4 Å². The van der Waals surface area contributed by atoms with E-state index in [1.165, 1.54) is 13.2 Å². The topological polar surface area (TPSA) is 58.9 Å². The highest BCUT2D eigenvalue weighted by Gasteiger charge is 2.27. The van der Waals surface area contributed by atoms with Gasteiger partial charge in [0.1, 0.15) is 12.9 Å². The Labute approximate surface area is 126 Å². The number of hydrogen-bond donors (Lipinski definition) is 1. The van der Waals surface area contributed by atoms with Crippen LogP contribution in [0.15, 0.2) is 28.9 Å². The molecule has 6 heteroatoms. The highest BCUT2D eigenvalue weighted by Crippen LogP contribution is 2.31. The van der Waals surface area contributed by atoms with E-state index in [0.29, 0.717) is 35.6 Å². The third kappa shape index (κ3) is 2.97. The summed E-state index contributed by atoms with van der Waals surface area (Å²) in [6.45, 7) is 0. The molecule has 1 fully saturated rings. The molecule has 0 spiro atoms.